The van der Waals surface area contributed by atoms with E-state index in [0.29, 0.717) is 23.3 Å². The Labute approximate surface area is 161 Å². The van der Waals surface area contributed by atoms with Crippen molar-refractivity contribution in [2.45, 2.75) is 57.2 Å². The average molecular weight is 395 g/mol. The van der Waals surface area contributed by atoms with Gasteiger partial charge in [-0.3, -0.25) is 4.79 Å². The standard InChI is InChI=1S/C21H24F3NO3/c22-21(23,24)16-3-1-12(2-4-16)8-17(18(26)27)25-19(28)20-9-13-5-14(10-20)7-15(6-13)11-20/h1-4,13-15,17H,5-11H2,(H,25,28)(H,26,27)/t13?,14?,15?,17-,20?/m1/s1. The molecule has 4 fully saturated rings. The zero-order valence-electron chi connectivity index (χ0n) is 15.5. The van der Waals surface area contributed by atoms with Crippen molar-refractivity contribution < 1.29 is 27.9 Å². The molecule has 0 heterocycles. The summed E-state index contributed by atoms with van der Waals surface area (Å²) in [7, 11) is 0. The van der Waals surface area contributed by atoms with E-state index >= 15 is 0 Å². The number of carbonyl (C=O) groups is 2. The largest absolute Gasteiger partial charge is 0.480 e. The molecule has 0 unspecified atom stereocenters. The van der Waals surface area contributed by atoms with Crippen molar-refractivity contribution in [3.8, 4) is 0 Å². The van der Waals surface area contributed by atoms with Crippen LogP contribution in [0.3, 0.4) is 0 Å². The van der Waals surface area contributed by atoms with Gasteiger partial charge in [0.2, 0.25) is 5.91 Å². The summed E-state index contributed by atoms with van der Waals surface area (Å²) >= 11 is 0. The molecule has 0 aromatic heterocycles. The number of amides is 1. The van der Waals surface area contributed by atoms with Crippen LogP contribution >= 0.6 is 0 Å². The molecule has 1 amide bonds. The Morgan fingerprint density at radius 2 is 1.54 bits per heavy atom. The van der Waals surface area contributed by atoms with E-state index in [1.165, 1.54) is 31.4 Å². The van der Waals surface area contributed by atoms with Gasteiger partial charge < -0.3 is 10.4 Å². The third-order valence-corrected chi connectivity index (χ3v) is 6.84. The van der Waals surface area contributed by atoms with Gasteiger partial charge >= 0.3 is 12.1 Å². The SMILES string of the molecule is O=C(O)[C@@H](Cc1ccc(C(F)(F)F)cc1)NC(=O)C12CC3CC(CC(C3)C1)C2. The summed E-state index contributed by atoms with van der Waals surface area (Å²) in [4.78, 5) is 24.8. The number of benzene rings is 1. The van der Waals surface area contributed by atoms with Crippen molar-refractivity contribution in [2.24, 2.45) is 23.2 Å². The Balaban J connectivity index is 1.45. The molecule has 4 saturated carbocycles. The molecule has 1 aromatic rings. The van der Waals surface area contributed by atoms with Gasteiger partial charge in [0, 0.05) is 11.8 Å². The molecule has 0 saturated heterocycles. The minimum Gasteiger partial charge on any atom is -0.480 e. The lowest BCUT2D eigenvalue weighted by atomic mass is 9.49. The average Bonchev–Trinajstić information content (AvgIpc) is 2.59. The summed E-state index contributed by atoms with van der Waals surface area (Å²) in [5.74, 6) is 0.337. The molecule has 1 atom stereocenters. The van der Waals surface area contributed by atoms with Crippen molar-refractivity contribution in [2.75, 3.05) is 0 Å². The number of aliphatic carboxylic acids is 1. The maximum atomic E-state index is 13.1. The lowest BCUT2D eigenvalue weighted by Gasteiger charge is -2.55. The Hall–Kier alpha value is -2.05. The monoisotopic (exact) mass is 395 g/mol. The van der Waals surface area contributed by atoms with Crippen LogP contribution in [0.2, 0.25) is 0 Å². The fraction of sp³-hybridized carbons (Fsp3) is 0.619. The van der Waals surface area contributed by atoms with E-state index < -0.39 is 29.2 Å². The number of alkyl halides is 3. The summed E-state index contributed by atoms with van der Waals surface area (Å²) in [5.41, 5.74) is -0.783. The number of nitrogens with one attached hydrogen (secondary N) is 1. The van der Waals surface area contributed by atoms with Gasteiger partial charge in [-0.05, 0) is 74.0 Å². The summed E-state index contributed by atoms with van der Waals surface area (Å²) < 4.78 is 38.1. The van der Waals surface area contributed by atoms with Crippen LogP contribution in [-0.2, 0) is 22.2 Å². The highest BCUT2D eigenvalue weighted by molar-refractivity contribution is 5.88. The van der Waals surface area contributed by atoms with Gasteiger partial charge in [0.25, 0.3) is 0 Å². The fourth-order valence-electron chi connectivity index (χ4n) is 5.97. The molecule has 28 heavy (non-hydrogen) atoms. The maximum absolute atomic E-state index is 13.1. The molecule has 4 nitrogen and oxygen atoms in total. The van der Waals surface area contributed by atoms with Gasteiger partial charge in [-0.2, -0.15) is 13.2 Å². The van der Waals surface area contributed by atoms with E-state index in [9.17, 15) is 27.9 Å². The lowest BCUT2D eigenvalue weighted by molar-refractivity contribution is -0.151. The third kappa shape index (κ3) is 3.63. The zero-order chi connectivity index (χ0) is 20.1. The van der Waals surface area contributed by atoms with Crippen molar-refractivity contribution in [3.05, 3.63) is 35.4 Å². The normalized spacial score (nSPS) is 32.2. The first-order chi connectivity index (χ1) is 13.1. The Morgan fingerprint density at radius 1 is 1.04 bits per heavy atom. The summed E-state index contributed by atoms with van der Waals surface area (Å²) in [6.07, 6.45) is 1.57. The van der Waals surface area contributed by atoms with Crippen molar-refractivity contribution in [1.29, 1.82) is 0 Å². The second kappa shape index (κ2) is 6.78. The first kappa shape index (κ1) is 19.3. The highest BCUT2D eigenvalue weighted by Crippen LogP contribution is 2.60. The molecule has 4 aliphatic rings. The van der Waals surface area contributed by atoms with Crippen molar-refractivity contribution in [3.63, 3.8) is 0 Å². The van der Waals surface area contributed by atoms with Crippen LogP contribution in [0, 0.1) is 23.2 Å². The third-order valence-electron chi connectivity index (χ3n) is 6.84. The van der Waals surface area contributed by atoms with E-state index in [4.69, 9.17) is 0 Å². The fourth-order valence-corrected chi connectivity index (χ4v) is 5.97. The highest BCUT2D eigenvalue weighted by atomic mass is 19.4. The predicted octanol–water partition coefficient (Wildman–Crippen LogP) is 4.03. The van der Waals surface area contributed by atoms with Gasteiger partial charge in [-0.1, -0.05) is 12.1 Å². The minimum atomic E-state index is -4.43. The van der Waals surface area contributed by atoms with Crippen LogP contribution in [0.1, 0.15) is 49.7 Å². The number of carboxylic acid groups (broad SMARTS) is 1. The Morgan fingerprint density at radius 3 is 1.96 bits per heavy atom. The molecule has 2 N–H and O–H groups in total. The van der Waals surface area contributed by atoms with Gasteiger partial charge in [0.1, 0.15) is 6.04 Å². The number of hydrogen-bond acceptors (Lipinski definition) is 2. The van der Waals surface area contributed by atoms with Crippen LogP contribution in [0.25, 0.3) is 0 Å². The predicted molar refractivity (Wildman–Crippen MR) is 95.3 cm³/mol. The summed E-state index contributed by atoms with van der Waals surface area (Å²) in [6, 6.07) is 3.28. The van der Waals surface area contributed by atoms with Crippen LogP contribution in [0.5, 0.6) is 0 Å². The van der Waals surface area contributed by atoms with Crippen LogP contribution in [0.4, 0.5) is 13.2 Å². The number of rotatable bonds is 5. The van der Waals surface area contributed by atoms with Crippen molar-refractivity contribution >= 4 is 11.9 Å². The molecule has 0 aliphatic heterocycles. The molecular formula is C21H24F3NO3. The van der Waals surface area contributed by atoms with Crippen LogP contribution < -0.4 is 5.32 Å². The first-order valence-electron chi connectivity index (χ1n) is 9.84. The second-order valence-electron chi connectivity index (χ2n) is 8.96. The van der Waals surface area contributed by atoms with E-state index in [1.807, 2.05) is 0 Å². The smallest absolute Gasteiger partial charge is 0.416 e. The van der Waals surface area contributed by atoms with Gasteiger partial charge in [0.15, 0.2) is 0 Å². The lowest BCUT2D eigenvalue weighted by Crippen LogP contribution is -2.56. The number of halogens is 3. The number of carbonyl (C=O) groups excluding carboxylic acids is 1. The van der Waals surface area contributed by atoms with Crippen LogP contribution in [-0.4, -0.2) is 23.0 Å². The van der Waals surface area contributed by atoms with Crippen LogP contribution in [0.15, 0.2) is 24.3 Å². The van der Waals surface area contributed by atoms with Gasteiger partial charge in [-0.15, -0.1) is 0 Å². The highest BCUT2D eigenvalue weighted by Gasteiger charge is 2.54. The van der Waals surface area contributed by atoms with Gasteiger partial charge in [0.05, 0.1) is 5.56 Å². The van der Waals surface area contributed by atoms with E-state index in [0.717, 1.165) is 31.4 Å². The van der Waals surface area contributed by atoms with E-state index in [1.54, 1.807) is 0 Å². The molecule has 4 aliphatic carbocycles. The second-order valence-corrected chi connectivity index (χ2v) is 8.96. The molecule has 5 rings (SSSR count). The summed E-state index contributed by atoms with van der Waals surface area (Å²) in [5, 5.41) is 12.3. The Bertz CT molecular complexity index is 737. The molecule has 4 bridgehead atoms. The zero-order valence-corrected chi connectivity index (χ0v) is 15.5. The first-order valence-corrected chi connectivity index (χ1v) is 9.84. The molecule has 0 radical (unpaired) electrons. The topological polar surface area (TPSA) is 66.4 Å². The van der Waals surface area contributed by atoms with Gasteiger partial charge in [-0.25, -0.2) is 4.79 Å². The summed E-state index contributed by atoms with van der Waals surface area (Å²) in [6.45, 7) is 0. The minimum absolute atomic E-state index is 0.0361. The van der Waals surface area contributed by atoms with Crippen molar-refractivity contribution in [1.82, 2.24) is 5.32 Å². The molecule has 7 heteroatoms. The van der Waals surface area contributed by atoms with E-state index in [-0.39, 0.29) is 12.3 Å². The molecule has 0 spiro atoms. The molecule has 152 valence electrons. The molecular weight excluding hydrogens is 371 g/mol. The maximum Gasteiger partial charge on any atom is 0.416 e. The van der Waals surface area contributed by atoms with E-state index in [2.05, 4.69) is 5.32 Å². The number of hydrogen-bond donors (Lipinski definition) is 2. The number of carboxylic acids is 1. The Kier molecular flexibility index (Phi) is 4.67. The quantitative estimate of drug-likeness (QED) is 0.791. The molecule has 1 aromatic carbocycles.